The summed E-state index contributed by atoms with van der Waals surface area (Å²) in [6, 6.07) is -0.00849. The summed E-state index contributed by atoms with van der Waals surface area (Å²) in [6.45, 7) is 4.77. The smallest absolute Gasteiger partial charge is 0.245 e. The average Bonchev–Trinajstić information content (AvgIpc) is 2.38. The van der Waals surface area contributed by atoms with Gasteiger partial charge in [0.15, 0.2) is 0 Å². The molecule has 2 atom stereocenters. The molecule has 1 aliphatic carbocycles. The zero-order chi connectivity index (χ0) is 13.1. The minimum atomic E-state index is -0.299. The second-order valence-electron chi connectivity index (χ2n) is 5.62. The van der Waals surface area contributed by atoms with Crippen molar-refractivity contribution in [2.45, 2.75) is 64.5 Å². The van der Waals surface area contributed by atoms with Gasteiger partial charge in [0, 0.05) is 19.0 Å². The standard InChI is InChI=1S/C14H24N2O2/c1-3-5-12-14(18)16(9-8-13(17)15-12)10(2)11-6-4-7-11/h10-12H,3-9H2,1-2H3,(H,15,17). The third kappa shape index (κ3) is 2.68. The van der Waals surface area contributed by atoms with E-state index in [2.05, 4.69) is 12.2 Å². The lowest BCUT2D eigenvalue weighted by Gasteiger charge is -2.39. The highest BCUT2D eigenvalue weighted by molar-refractivity contribution is 5.90. The van der Waals surface area contributed by atoms with Crippen LogP contribution in [0.25, 0.3) is 0 Å². The van der Waals surface area contributed by atoms with E-state index < -0.39 is 0 Å². The van der Waals surface area contributed by atoms with Crippen molar-refractivity contribution in [2.24, 2.45) is 5.92 Å². The van der Waals surface area contributed by atoms with Crippen LogP contribution in [0.5, 0.6) is 0 Å². The van der Waals surface area contributed by atoms with Gasteiger partial charge in [0.1, 0.15) is 6.04 Å². The molecule has 0 aromatic carbocycles. The Morgan fingerprint density at radius 1 is 1.39 bits per heavy atom. The van der Waals surface area contributed by atoms with Crippen LogP contribution >= 0.6 is 0 Å². The summed E-state index contributed by atoms with van der Waals surface area (Å²) in [5, 5.41) is 2.86. The van der Waals surface area contributed by atoms with Crippen molar-refractivity contribution in [3.63, 3.8) is 0 Å². The summed E-state index contributed by atoms with van der Waals surface area (Å²) in [5.41, 5.74) is 0. The van der Waals surface area contributed by atoms with E-state index in [1.807, 2.05) is 11.8 Å². The Labute approximate surface area is 109 Å². The Morgan fingerprint density at radius 2 is 2.11 bits per heavy atom. The maximum atomic E-state index is 12.5. The highest BCUT2D eigenvalue weighted by Gasteiger charge is 2.36. The van der Waals surface area contributed by atoms with Gasteiger partial charge in [0.05, 0.1) is 0 Å². The number of hydrogen-bond donors (Lipinski definition) is 1. The molecule has 0 aromatic rings. The summed E-state index contributed by atoms with van der Waals surface area (Å²) in [6.07, 6.45) is 5.85. The molecule has 18 heavy (non-hydrogen) atoms. The fraction of sp³-hybridized carbons (Fsp3) is 0.857. The van der Waals surface area contributed by atoms with Crippen LogP contribution in [0.4, 0.5) is 0 Å². The van der Waals surface area contributed by atoms with Crippen molar-refractivity contribution >= 4 is 11.8 Å². The van der Waals surface area contributed by atoms with E-state index in [0.717, 1.165) is 12.8 Å². The zero-order valence-electron chi connectivity index (χ0n) is 11.4. The molecule has 1 saturated heterocycles. The summed E-state index contributed by atoms with van der Waals surface area (Å²) >= 11 is 0. The van der Waals surface area contributed by atoms with Gasteiger partial charge in [-0.25, -0.2) is 0 Å². The third-order valence-electron chi connectivity index (χ3n) is 4.40. The van der Waals surface area contributed by atoms with Gasteiger partial charge in [-0.3, -0.25) is 9.59 Å². The van der Waals surface area contributed by atoms with E-state index in [4.69, 9.17) is 0 Å². The molecule has 102 valence electrons. The van der Waals surface area contributed by atoms with Crippen molar-refractivity contribution in [1.29, 1.82) is 0 Å². The van der Waals surface area contributed by atoms with Crippen LogP contribution < -0.4 is 5.32 Å². The first-order valence-electron chi connectivity index (χ1n) is 7.23. The molecule has 2 aliphatic rings. The number of hydrogen-bond acceptors (Lipinski definition) is 2. The van der Waals surface area contributed by atoms with Gasteiger partial charge in [-0.05, 0) is 32.1 Å². The van der Waals surface area contributed by atoms with Crippen LogP contribution in [0.15, 0.2) is 0 Å². The summed E-state index contributed by atoms with van der Waals surface area (Å²) in [7, 11) is 0. The molecule has 2 unspecified atom stereocenters. The van der Waals surface area contributed by atoms with Crippen molar-refractivity contribution in [3.8, 4) is 0 Å². The Kier molecular flexibility index (Phi) is 4.25. The second-order valence-corrected chi connectivity index (χ2v) is 5.62. The van der Waals surface area contributed by atoms with Gasteiger partial charge in [0.25, 0.3) is 0 Å². The van der Waals surface area contributed by atoms with Gasteiger partial charge in [-0.15, -0.1) is 0 Å². The quantitative estimate of drug-likeness (QED) is 0.827. The SMILES string of the molecule is CCCC1NC(=O)CCN(C(C)C2CCC2)C1=O. The largest absolute Gasteiger partial charge is 0.344 e. The molecule has 4 nitrogen and oxygen atoms in total. The first-order valence-corrected chi connectivity index (χ1v) is 7.23. The highest BCUT2D eigenvalue weighted by atomic mass is 16.2. The molecule has 1 N–H and O–H groups in total. The number of amides is 2. The molecule has 0 bridgehead atoms. The molecule has 1 aliphatic heterocycles. The molecule has 1 saturated carbocycles. The molecular weight excluding hydrogens is 228 g/mol. The lowest BCUT2D eigenvalue weighted by atomic mass is 9.79. The molecule has 0 aromatic heterocycles. The van der Waals surface area contributed by atoms with Crippen molar-refractivity contribution in [3.05, 3.63) is 0 Å². The normalized spacial score (nSPS) is 27.4. The molecule has 0 spiro atoms. The van der Waals surface area contributed by atoms with Crippen LogP contribution in [0, 0.1) is 5.92 Å². The Morgan fingerprint density at radius 3 is 2.67 bits per heavy atom. The van der Waals surface area contributed by atoms with E-state index in [-0.39, 0.29) is 17.9 Å². The van der Waals surface area contributed by atoms with Crippen LogP contribution in [-0.2, 0) is 9.59 Å². The highest BCUT2D eigenvalue weighted by Crippen LogP contribution is 2.32. The summed E-state index contributed by atoms with van der Waals surface area (Å²) in [5.74, 6) is 0.789. The second kappa shape index (κ2) is 5.72. The minimum absolute atomic E-state index is 0.0186. The maximum Gasteiger partial charge on any atom is 0.245 e. The fourth-order valence-electron chi connectivity index (χ4n) is 2.93. The van der Waals surface area contributed by atoms with Gasteiger partial charge in [-0.2, -0.15) is 0 Å². The van der Waals surface area contributed by atoms with Crippen molar-refractivity contribution < 1.29 is 9.59 Å². The van der Waals surface area contributed by atoms with Crippen molar-refractivity contribution in [2.75, 3.05) is 6.54 Å². The average molecular weight is 252 g/mol. The number of carbonyl (C=O) groups excluding carboxylic acids is 2. The molecule has 0 radical (unpaired) electrons. The Bertz CT molecular complexity index is 326. The number of rotatable bonds is 4. The van der Waals surface area contributed by atoms with Gasteiger partial charge >= 0.3 is 0 Å². The van der Waals surface area contributed by atoms with Gasteiger partial charge < -0.3 is 10.2 Å². The molecule has 4 heteroatoms. The van der Waals surface area contributed by atoms with E-state index in [9.17, 15) is 9.59 Å². The van der Waals surface area contributed by atoms with Crippen LogP contribution in [-0.4, -0.2) is 35.3 Å². The minimum Gasteiger partial charge on any atom is -0.344 e. The van der Waals surface area contributed by atoms with E-state index in [1.54, 1.807) is 0 Å². The van der Waals surface area contributed by atoms with E-state index in [1.165, 1.54) is 19.3 Å². The summed E-state index contributed by atoms with van der Waals surface area (Å²) in [4.78, 5) is 26.1. The molecule has 2 rings (SSSR count). The Balaban J connectivity index is 2.07. The van der Waals surface area contributed by atoms with Gasteiger partial charge in [0.2, 0.25) is 11.8 Å². The summed E-state index contributed by atoms with van der Waals surface area (Å²) < 4.78 is 0. The zero-order valence-corrected chi connectivity index (χ0v) is 11.4. The fourth-order valence-corrected chi connectivity index (χ4v) is 2.93. The lowest BCUT2D eigenvalue weighted by molar-refractivity contribution is -0.137. The lowest BCUT2D eigenvalue weighted by Crippen LogP contribution is -2.50. The number of nitrogens with zero attached hydrogens (tertiary/aromatic N) is 1. The van der Waals surface area contributed by atoms with Crippen LogP contribution in [0.1, 0.15) is 52.4 Å². The van der Waals surface area contributed by atoms with Crippen LogP contribution in [0.2, 0.25) is 0 Å². The van der Waals surface area contributed by atoms with E-state index >= 15 is 0 Å². The molecular formula is C14H24N2O2. The molecule has 2 fully saturated rings. The molecule has 1 heterocycles. The predicted molar refractivity (Wildman–Crippen MR) is 70.0 cm³/mol. The topological polar surface area (TPSA) is 49.4 Å². The van der Waals surface area contributed by atoms with Gasteiger partial charge in [-0.1, -0.05) is 19.8 Å². The molecule has 2 amide bonds. The van der Waals surface area contributed by atoms with Crippen molar-refractivity contribution in [1.82, 2.24) is 10.2 Å². The monoisotopic (exact) mass is 252 g/mol. The number of carbonyl (C=O) groups is 2. The van der Waals surface area contributed by atoms with Crippen LogP contribution in [0.3, 0.4) is 0 Å². The van der Waals surface area contributed by atoms with E-state index in [0.29, 0.717) is 24.9 Å². The maximum absolute atomic E-state index is 12.5. The Hall–Kier alpha value is -1.06. The first kappa shape index (κ1) is 13.4. The predicted octanol–water partition coefficient (Wildman–Crippen LogP) is 1.69. The first-order chi connectivity index (χ1) is 8.63. The third-order valence-corrected chi connectivity index (χ3v) is 4.40. The number of nitrogens with one attached hydrogen (secondary N) is 1.